The summed E-state index contributed by atoms with van der Waals surface area (Å²) in [6, 6.07) is 0. The molecule has 2 unspecified atom stereocenters. The van der Waals surface area contributed by atoms with Crippen LogP contribution in [0.3, 0.4) is 0 Å². The predicted molar refractivity (Wildman–Crippen MR) is 51.3 cm³/mol. The third kappa shape index (κ3) is 3.00. The molecule has 0 aromatic rings. The molecule has 68 valence electrons. The molecule has 0 heterocycles. The molecule has 0 fully saturated rings. The molecule has 2 atom stereocenters. The number of aliphatic hydroxyl groups is 1. The first kappa shape index (κ1) is 11.1. The van der Waals surface area contributed by atoms with Gasteiger partial charge in [0.2, 0.25) is 0 Å². The molecule has 0 spiro atoms. The van der Waals surface area contributed by atoms with E-state index in [9.17, 15) is 5.11 Å². The Morgan fingerprint density at radius 1 is 1.33 bits per heavy atom. The van der Waals surface area contributed by atoms with Crippen LogP contribution < -0.4 is 5.73 Å². The molecule has 0 aromatic carbocycles. The van der Waals surface area contributed by atoms with Crippen LogP contribution in [0.1, 0.15) is 0 Å². The molecule has 0 aliphatic carbocycles. The molecule has 12 heavy (non-hydrogen) atoms. The van der Waals surface area contributed by atoms with E-state index in [0.29, 0.717) is 6.54 Å². The van der Waals surface area contributed by atoms with Gasteiger partial charge in [-0.1, -0.05) is 18.7 Å². The Kier molecular flexibility index (Phi) is 5.28. The Bertz CT molecular complexity index is 154. The molecule has 0 bridgehead atoms. The summed E-state index contributed by atoms with van der Waals surface area (Å²) in [5.41, 5.74) is 5.63. The second-order valence-corrected chi connectivity index (χ2v) is 2.36. The van der Waals surface area contributed by atoms with E-state index in [1.54, 1.807) is 17.1 Å². The first-order valence-electron chi connectivity index (χ1n) is 3.72. The fourth-order valence-corrected chi connectivity index (χ4v) is 0.826. The van der Waals surface area contributed by atoms with Gasteiger partial charge in [-0.2, -0.15) is 0 Å². The molecule has 3 N–H and O–H groups in total. The molecule has 3 nitrogen and oxygen atoms in total. The van der Waals surface area contributed by atoms with Crippen molar-refractivity contribution in [2.45, 2.75) is 12.4 Å². The van der Waals surface area contributed by atoms with Crippen LogP contribution in [-0.2, 0) is 0 Å². The van der Waals surface area contributed by atoms with Gasteiger partial charge in [0.1, 0.15) is 6.23 Å². The van der Waals surface area contributed by atoms with Gasteiger partial charge in [0.25, 0.3) is 0 Å². The average molecular weight is 168 g/mol. The summed E-state index contributed by atoms with van der Waals surface area (Å²) in [7, 11) is 0. The van der Waals surface area contributed by atoms with E-state index in [0.717, 1.165) is 0 Å². The zero-order chi connectivity index (χ0) is 9.56. The number of nitrogens with zero attached hydrogens (tertiary/aromatic N) is 1. The van der Waals surface area contributed by atoms with Crippen molar-refractivity contribution in [3.05, 3.63) is 38.0 Å². The van der Waals surface area contributed by atoms with Crippen LogP contribution in [0.5, 0.6) is 0 Å². The van der Waals surface area contributed by atoms with Crippen molar-refractivity contribution in [1.29, 1.82) is 0 Å². The SMILES string of the molecule is C=CCN(C(N)C=C)C(O)C=C. The molecular formula is C9H16N2O. The molecule has 3 heteroatoms. The zero-order valence-corrected chi connectivity index (χ0v) is 7.19. The molecule has 0 saturated heterocycles. The van der Waals surface area contributed by atoms with Crippen LogP contribution in [0.4, 0.5) is 0 Å². The second kappa shape index (κ2) is 5.71. The van der Waals surface area contributed by atoms with Crippen molar-refractivity contribution in [3.8, 4) is 0 Å². The quantitative estimate of drug-likeness (QED) is 0.447. The third-order valence-corrected chi connectivity index (χ3v) is 1.51. The summed E-state index contributed by atoms with van der Waals surface area (Å²) in [6.45, 7) is 11.1. The van der Waals surface area contributed by atoms with E-state index in [1.807, 2.05) is 0 Å². The molecule has 0 radical (unpaired) electrons. The highest BCUT2D eigenvalue weighted by Gasteiger charge is 2.15. The van der Waals surface area contributed by atoms with Gasteiger partial charge in [-0.25, -0.2) is 0 Å². The van der Waals surface area contributed by atoms with Crippen LogP contribution in [0, 0.1) is 0 Å². The standard InChI is InChI=1S/C9H16N2O/c1-4-7-11(8(10)5-2)9(12)6-3/h4-6,8-9,12H,1-3,7,10H2. The Morgan fingerprint density at radius 2 is 1.92 bits per heavy atom. The number of nitrogens with two attached hydrogens (primary N) is 1. The van der Waals surface area contributed by atoms with E-state index in [1.165, 1.54) is 6.08 Å². The minimum absolute atomic E-state index is 0.379. The molecule has 0 aliphatic heterocycles. The normalized spacial score (nSPS) is 15.2. The first-order chi connectivity index (χ1) is 5.67. The highest BCUT2D eigenvalue weighted by molar-refractivity contribution is 4.92. The van der Waals surface area contributed by atoms with Crippen molar-refractivity contribution < 1.29 is 5.11 Å². The van der Waals surface area contributed by atoms with E-state index in [-0.39, 0.29) is 6.17 Å². The summed E-state index contributed by atoms with van der Waals surface area (Å²) in [4.78, 5) is 1.60. The van der Waals surface area contributed by atoms with Gasteiger partial charge in [0.05, 0.1) is 6.17 Å². The topological polar surface area (TPSA) is 49.5 Å². The average Bonchev–Trinajstić information content (AvgIpc) is 2.11. The maximum Gasteiger partial charge on any atom is 0.128 e. The number of hydrogen-bond donors (Lipinski definition) is 2. The smallest absolute Gasteiger partial charge is 0.128 e. The van der Waals surface area contributed by atoms with Crippen LogP contribution in [0.2, 0.25) is 0 Å². The van der Waals surface area contributed by atoms with Gasteiger partial charge >= 0.3 is 0 Å². The van der Waals surface area contributed by atoms with Gasteiger partial charge in [-0.05, 0) is 6.08 Å². The summed E-state index contributed by atoms with van der Waals surface area (Å²) < 4.78 is 0. The molecule has 0 aliphatic rings. The fraction of sp³-hybridized carbons (Fsp3) is 0.333. The maximum atomic E-state index is 9.38. The molecular weight excluding hydrogens is 152 g/mol. The van der Waals surface area contributed by atoms with Crippen LogP contribution >= 0.6 is 0 Å². The van der Waals surface area contributed by atoms with E-state index < -0.39 is 6.23 Å². The summed E-state index contributed by atoms with van der Waals surface area (Å²) in [5.74, 6) is 0. The Balaban J connectivity index is 4.28. The highest BCUT2D eigenvalue weighted by atomic mass is 16.3. The summed E-state index contributed by atoms with van der Waals surface area (Å²) >= 11 is 0. The lowest BCUT2D eigenvalue weighted by atomic mass is 10.3. The van der Waals surface area contributed by atoms with E-state index >= 15 is 0 Å². The van der Waals surface area contributed by atoms with Crippen molar-refractivity contribution >= 4 is 0 Å². The van der Waals surface area contributed by atoms with Crippen LogP contribution in [0.25, 0.3) is 0 Å². The highest BCUT2D eigenvalue weighted by Crippen LogP contribution is 2.01. The Hall–Kier alpha value is -0.900. The van der Waals surface area contributed by atoms with Gasteiger partial charge in [-0.15, -0.1) is 13.2 Å². The van der Waals surface area contributed by atoms with Crippen molar-refractivity contribution in [1.82, 2.24) is 4.90 Å². The maximum absolute atomic E-state index is 9.38. The van der Waals surface area contributed by atoms with Crippen LogP contribution in [-0.4, -0.2) is 28.9 Å². The number of aliphatic hydroxyl groups excluding tert-OH is 1. The minimum Gasteiger partial charge on any atom is -0.375 e. The lowest BCUT2D eigenvalue weighted by Gasteiger charge is -2.28. The lowest BCUT2D eigenvalue weighted by Crippen LogP contribution is -2.46. The van der Waals surface area contributed by atoms with E-state index in [4.69, 9.17) is 5.73 Å². The van der Waals surface area contributed by atoms with Crippen molar-refractivity contribution in [2.75, 3.05) is 6.54 Å². The van der Waals surface area contributed by atoms with E-state index in [2.05, 4.69) is 19.7 Å². The van der Waals surface area contributed by atoms with Crippen molar-refractivity contribution in [3.63, 3.8) is 0 Å². The summed E-state index contributed by atoms with van der Waals surface area (Å²) in [5, 5.41) is 9.38. The fourth-order valence-electron chi connectivity index (χ4n) is 0.826. The second-order valence-electron chi connectivity index (χ2n) is 2.36. The minimum atomic E-state index is -0.754. The molecule has 0 rings (SSSR count). The Labute approximate surface area is 73.5 Å². The third-order valence-electron chi connectivity index (χ3n) is 1.51. The monoisotopic (exact) mass is 168 g/mol. The molecule has 0 amide bonds. The first-order valence-corrected chi connectivity index (χ1v) is 3.72. The molecule has 0 aromatic heterocycles. The van der Waals surface area contributed by atoms with Gasteiger partial charge in [-0.3, -0.25) is 4.90 Å². The summed E-state index contributed by atoms with van der Waals surface area (Å²) in [6.07, 6.45) is 3.49. The predicted octanol–water partition coefficient (Wildman–Crippen LogP) is 0.450. The largest absolute Gasteiger partial charge is 0.375 e. The van der Waals surface area contributed by atoms with Crippen LogP contribution in [0.15, 0.2) is 38.0 Å². The van der Waals surface area contributed by atoms with Gasteiger partial charge in [0.15, 0.2) is 0 Å². The molecule has 0 saturated carbocycles. The van der Waals surface area contributed by atoms with Gasteiger partial charge < -0.3 is 10.8 Å². The zero-order valence-electron chi connectivity index (χ0n) is 7.19. The number of hydrogen-bond acceptors (Lipinski definition) is 3. The number of rotatable bonds is 6. The Morgan fingerprint density at radius 3 is 2.25 bits per heavy atom. The van der Waals surface area contributed by atoms with Gasteiger partial charge in [0, 0.05) is 6.54 Å². The van der Waals surface area contributed by atoms with Crippen molar-refractivity contribution in [2.24, 2.45) is 5.73 Å². The lowest BCUT2D eigenvalue weighted by molar-refractivity contribution is 0.0335.